The van der Waals surface area contributed by atoms with Crippen LogP contribution in [-0.2, 0) is 33.7 Å². The molecular weight excluding hydrogens is 504 g/mol. The molecule has 2 fully saturated rings. The van der Waals surface area contributed by atoms with Gasteiger partial charge in [-0.25, -0.2) is 0 Å². The van der Waals surface area contributed by atoms with Crippen LogP contribution in [0, 0.1) is 13.8 Å². The summed E-state index contributed by atoms with van der Waals surface area (Å²) >= 11 is 0. The van der Waals surface area contributed by atoms with Crippen molar-refractivity contribution in [3.63, 3.8) is 0 Å². The van der Waals surface area contributed by atoms with Crippen molar-refractivity contribution in [3.05, 3.63) is 45.0 Å². The van der Waals surface area contributed by atoms with Crippen molar-refractivity contribution in [1.82, 2.24) is 0 Å². The third-order valence-corrected chi connectivity index (χ3v) is 8.92. The van der Waals surface area contributed by atoms with Crippen molar-refractivity contribution in [1.29, 1.82) is 0 Å². The van der Waals surface area contributed by atoms with Crippen LogP contribution >= 0.6 is 0 Å². The Morgan fingerprint density at radius 1 is 1.00 bits per heavy atom. The summed E-state index contributed by atoms with van der Waals surface area (Å²) in [7, 11) is 0. The first-order chi connectivity index (χ1) is 18.4. The van der Waals surface area contributed by atoms with Gasteiger partial charge in [0.25, 0.3) is 0 Å². The van der Waals surface area contributed by atoms with Crippen LogP contribution in [0.15, 0.2) is 6.07 Å². The summed E-state index contributed by atoms with van der Waals surface area (Å²) in [6.45, 7) is 7.43. The Bertz CT molecular complexity index is 1340. The maximum atomic E-state index is 11.9. The fourth-order valence-electron chi connectivity index (χ4n) is 7.26. The largest absolute Gasteiger partial charge is 0.508 e. The average Bonchev–Trinajstić information content (AvgIpc) is 2.84. The van der Waals surface area contributed by atoms with Crippen molar-refractivity contribution >= 4 is 6.29 Å². The second-order valence-corrected chi connectivity index (χ2v) is 11.9. The number of hydrogen-bond acceptors (Lipinski definition) is 9. The van der Waals surface area contributed by atoms with Crippen molar-refractivity contribution in [2.45, 2.75) is 109 Å². The molecule has 0 saturated carbocycles. The van der Waals surface area contributed by atoms with Gasteiger partial charge in [-0.3, -0.25) is 4.79 Å². The van der Waals surface area contributed by atoms with Crippen molar-refractivity contribution in [2.24, 2.45) is 0 Å². The second kappa shape index (κ2) is 9.09. The van der Waals surface area contributed by atoms with Crippen LogP contribution in [0.25, 0.3) is 0 Å². The molecule has 6 atom stereocenters. The van der Waals surface area contributed by atoms with Gasteiger partial charge in [-0.05, 0) is 63.6 Å². The standard InChI is InChI=1S/C30H36O9/c1-14-5-19-9-30(38-14,8-18-7-24(33)16(3)26(34)22(18)12-31)39-28-17(4)27(35)23-13-36-29(11-21(23)25(19)28)10-20(32)6-15(2)37-29/h7,12,14-15,19-20,32-35H,5-6,8-11,13H2,1-4H3/t14-,15-,19-,20-,29+,30+/m0/s1. The molecule has 9 nitrogen and oxygen atoms in total. The van der Waals surface area contributed by atoms with E-state index in [-0.39, 0.29) is 59.5 Å². The van der Waals surface area contributed by atoms with E-state index >= 15 is 0 Å². The lowest BCUT2D eigenvalue weighted by molar-refractivity contribution is -0.301. The molecule has 2 saturated heterocycles. The molecule has 2 aromatic rings. The van der Waals surface area contributed by atoms with Gasteiger partial charge in [-0.1, -0.05) is 0 Å². The van der Waals surface area contributed by atoms with Crippen LogP contribution in [-0.4, -0.2) is 56.6 Å². The van der Waals surface area contributed by atoms with Gasteiger partial charge in [0.1, 0.15) is 23.0 Å². The van der Waals surface area contributed by atoms with E-state index in [2.05, 4.69) is 0 Å². The summed E-state index contributed by atoms with van der Waals surface area (Å²) < 4.78 is 25.6. The Hall–Kier alpha value is -2.85. The predicted molar refractivity (Wildman–Crippen MR) is 139 cm³/mol. The molecule has 2 bridgehead atoms. The van der Waals surface area contributed by atoms with Gasteiger partial charge in [0, 0.05) is 47.9 Å². The Kier molecular flexibility index (Phi) is 6.15. The Morgan fingerprint density at radius 2 is 1.74 bits per heavy atom. The van der Waals surface area contributed by atoms with E-state index in [1.165, 1.54) is 6.07 Å². The smallest absolute Gasteiger partial charge is 0.215 e. The molecule has 39 heavy (non-hydrogen) atoms. The van der Waals surface area contributed by atoms with E-state index in [0.717, 1.165) is 23.1 Å². The van der Waals surface area contributed by atoms with E-state index in [4.69, 9.17) is 18.9 Å². The summed E-state index contributed by atoms with van der Waals surface area (Å²) in [4.78, 5) is 11.9. The number of aromatic hydroxyl groups is 3. The molecule has 0 radical (unpaired) electrons. The van der Waals surface area contributed by atoms with Crippen molar-refractivity contribution < 1.29 is 44.2 Å². The maximum Gasteiger partial charge on any atom is 0.215 e. The highest BCUT2D eigenvalue weighted by molar-refractivity contribution is 5.83. The fourth-order valence-corrected chi connectivity index (χ4v) is 7.26. The number of aliphatic hydroxyl groups is 1. The van der Waals surface area contributed by atoms with E-state index < -0.39 is 17.7 Å². The Morgan fingerprint density at radius 3 is 2.46 bits per heavy atom. The minimum Gasteiger partial charge on any atom is -0.508 e. The van der Waals surface area contributed by atoms with Crippen LogP contribution in [0.3, 0.4) is 0 Å². The lowest BCUT2D eigenvalue weighted by Gasteiger charge is -2.51. The van der Waals surface area contributed by atoms with Crippen LogP contribution in [0.1, 0.15) is 89.2 Å². The number of phenols is 3. The number of carbonyl (C=O) groups is 1. The van der Waals surface area contributed by atoms with E-state index in [0.29, 0.717) is 48.8 Å². The van der Waals surface area contributed by atoms with Gasteiger partial charge >= 0.3 is 0 Å². The SMILES string of the molecule is Cc1c(O)cc(C[C@@]23C[C@H](C[C@H](C)O2)c2c4c(c(O)c(C)c2O3)CO[C@]2(C4)C[C@@H](O)C[C@H](C)O2)c(C=O)c1O. The number of benzene rings is 2. The molecule has 4 aliphatic rings. The van der Waals surface area contributed by atoms with Gasteiger partial charge in [-0.2, -0.15) is 0 Å². The summed E-state index contributed by atoms with van der Waals surface area (Å²) in [6.07, 6.45) is 2.34. The molecule has 0 amide bonds. The molecule has 6 rings (SSSR count). The molecule has 0 unspecified atom stereocenters. The first-order valence-electron chi connectivity index (χ1n) is 13.7. The molecule has 210 valence electrons. The maximum absolute atomic E-state index is 11.9. The number of aliphatic hydroxyl groups excluding tert-OH is 1. The van der Waals surface area contributed by atoms with Crippen LogP contribution < -0.4 is 4.74 Å². The number of carbonyl (C=O) groups excluding carboxylic acids is 1. The first-order valence-corrected chi connectivity index (χ1v) is 13.7. The van der Waals surface area contributed by atoms with Gasteiger partial charge in [0.2, 0.25) is 5.79 Å². The third-order valence-electron chi connectivity index (χ3n) is 8.92. The third kappa shape index (κ3) is 4.18. The molecule has 4 N–H and O–H groups in total. The number of phenolic OH excluding ortho intramolecular Hbond substituents is 3. The molecule has 1 spiro atoms. The quantitative estimate of drug-likeness (QED) is 0.423. The molecule has 2 aromatic carbocycles. The topological polar surface area (TPSA) is 135 Å². The van der Waals surface area contributed by atoms with Crippen molar-refractivity contribution in [3.8, 4) is 23.0 Å². The zero-order chi connectivity index (χ0) is 27.9. The van der Waals surface area contributed by atoms with Gasteiger partial charge in [0.05, 0.1) is 30.5 Å². The molecule has 0 aliphatic carbocycles. The van der Waals surface area contributed by atoms with Crippen LogP contribution in [0.2, 0.25) is 0 Å². The summed E-state index contributed by atoms with van der Waals surface area (Å²) in [5.41, 5.74) is 4.00. The van der Waals surface area contributed by atoms with Crippen LogP contribution in [0.4, 0.5) is 0 Å². The van der Waals surface area contributed by atoms with Gasteiger partial charge < -0.3 is 39.4 Å². The summed E-state index contributed by atoms with van der Waals surface area (Å²) in [6, 6.07) is 1.48. The minimum absolute atomic E-state index is 0.0268. The second-order valence-electron chi connectivity index (χ2n) is 11.9. The number of hydrogen-bond donors (Lipinski definition) is 4. The van der Waals surface area contributed by atoms with E-state index in [1.54, 1.807) is 13.8 Å². The van der Waals surface area contributed by atoms with E-state index in [1.807, 2.05) is 13.8 Å². The number of rotatable bonds is 3. The fraction of sp³-hybridized carbons (Fsp3) is 0.567. The Labute approximate surface area is 227 Å². The van der Waals surface area contributed by atoms with Crippen LogP contribution in [0.5, 0.6) is 23.0 Å². The first kappa shape index (κ1) is 26.4. The summed E-state index contributed by atoms with van der Waals surface area (Å²) in [5, 5.41) is 42.7. The predicted octanol–water partition coefficient (Wildman–Crippen LogP) is 4.18. The normalized spacial score (nSPS) is 33.3. The number of aldehydes is 1. The highest BCUT2D eigenvalue weighted by Crippen LogP contribution is 2.56. The monoisotopic (exact) mass is 540 g/mol. The highest BCUT2D eigenvalue weighted by Gasteiger charge is 2.52. The number of fused-ring (bicyclic) bond motifs is 6. The summed E-state index contributed by atoms with van der Waals surface area (Å²) in [5.74, 6) is -1.83. The minimum atomic E-state index is -1.17. The molecule has 9 heteroatoms. The van der Waals surface area contributed by atoms with Crippen molar-refractivity contribution in [2.75, 3.05) is 0 Å². The molecule has 4 heterocycles. The van der Waals surface area contributed by atoms with E-state index in [9.17, 15) is 25.2 Å². The lowest BCUT2D eigenvalue weighted by Crippen LogP contribution is -2.53. The highest BCUT2D eigenvalue weighted by atomic mass is 16.7. The Balaban J connectivity index is 1.45. The van der Waals surface area contributed by atoms with Gasteiger partial charge in [-0.15, -0.1) is 0 Å². The molecule has 0 aromatic heterocycles. The van der Waals surface area contributed by atoms with Gasteiger partial charge in [0.15, 0.2) is 12.1 Å². The zero-order valence-corrected chi connectivity index (χ0v) is 22.7. The number of ether oxygens (including phenoxy) is 4. The average molecular weight is 541 g/mol. The molecule has 4 aliphatic heterocycles. The zero-order valence-electron chi connectivity index (χ0n) is 22.7. The lowest BCUT2D eigenvalue weighted by atomic mass is 9.74. The molecular formula is C30H36O9.